The van der Waals surface area contributed by atoms with Crippen molar-refractivity contribution in [3.05, 3.63) is 47.3 Å². The highest BCUT2D eigenvalue weighted by atomic mass is 32.2. The number of nitriles is 1. The Labute approximate surface area is 133 Å². The second-order valence-corrected chi connectivity index (χ2v) is 5.82. The molecule has 0 aliphatic carbocycles. The van der Waals surface area contributed by atoms with Gasteiger partial charge in [-0.15, -0.1) is 11.8 Å². The zero-order valence-corrected chi connectivity index (χ0v) is 13.3. The van der Waals surface area contributed by atoms with Crippen molar-refractivity contribution in [3.8, 4) is 6.07 Å². The molecule has 0 aliphatic rings. The fourth-order valence-corrected chi connectivity index (χ4v) is 2.97. The Balaban J connectivity index is 1.92. The van der Waals surface area contributed by atoms with Crippen molar-refractivity contribution < 1.29 is 4.79 Å². The van der Waals surface area contributed by atoms with Crippen LogP contribution in [0, 0.1) is 25.2 Å². The smallest absolute Gasteiger partial charge is 0.226 e. The first kappa shape index (κ1) is 16.0. The molecule has 112 valence electrons. The maximum Gasteiger partial charge on any atom is 0.226 e. The summed E-state index contributed by atoms with van der Waals surface area (Å²) in [5.74, 6) is 0.997. The SMILES string of the molecule is Cc1cc(C)c(C#N)c(SCCC(=O)Nc2ccccn2)n1. The van der Waals surface area contributed by atoms with Gasteiger partial charge in [-0.3, -0.25) is 4.79 Å². The van der Waals surface area contributed by atoms with Gasteiger partial charge in [-0.1, -0.05) is 6.07 Å². The van der Waals surface area contributed by atoms with E-state index in [1.165, 1.54) is 11.8 Å². The van der Waals surface area contributed by atoms with E-state index in [1.807, 2.05) is 26.0 Å². The summed E-state index contributed by atoms with van der Waals surface area (Å²) >= 11 is 1.42. The molecule has 2 aromatic rings. The molecule has 6 heteroatoms. The first-order chi connectivity index (χ1) is 10.6. The fraction of sp³-hybridized carbons (Fsp3) is 0.250. The van der Waals surface area contributed by atoms with E-state index in [0.29, 0.717) is 28.6 Å². The van der Waals surface area contributed by atoms with Crippen LogP contribution in [0.4, 0.5) is 5.82 Å². The number of aromatic nitrogens is 2. The molecule has 0 aliphatic heterocycles. The molecule has 0 saturated heterocycles. The molecule has 5 nitrogen and oxygen atoms in total. The Morgan fingerprint density at radius 3 is 2.91 bits per heavy atom. The number of thioether (sulfide) groups is 1. The number of nitrogens with one attached hydrogen (secondary N) is 1. The van der Waals surface area contributed by atoms with E-state index < -0.39 is 0 Å². The van der Waals surface area contributed by atoms with Gasteiger partial charge in [-0.25, -0.2) is 9.97 Å². The van der Waals surface area contributed by atoms with Crippen molar-refractivity contribution in [2.24, 2.45) is 0 Å². The van der Waals surface area contributed by atoms with Gasteiger partial charge in [-0.05, 0) is 37.6 Å². The van der Waals surface area contributed by atoms with Crippen molar-refractivity contribution in [3.63, 3.8) is 0 Å². The number of carbonyl (C=O) groups excluding carboxylic acids is 1. The van der Waals surface area contributed by atoms with E-state index in [2.05, 4.69) is 21.4 Å². The van der Waals surface area contributed by atoms with E-state index in [4.69, 9.17) is 0 Å². The van der Waals surface area contributed by atoms with Crippen LogP contribution in [-0.4, -0.2) is 21.6 Å². The number of hydrogen-bond acceptors (Lipinski definition) is 5. The molecule has 0 saturated carbocycles. The summed E-state index contributed by atoms with van der Waals surface area (Å²) in [5.41, 5.74) is 2.37. The average Bonchev–Trinajstić information content (AvgIpc) is 2.48. The molecule has 1 amide bonds. The number of carbonyl (C=O) groups is 1. The lowest BCUT2D eigenvalue weighted by atomic mass is 10.1. The summed E-state index contributed by atoms with van der Waals surface area (Å²) in [4.78, 5) is 20.3. The third kappa shape index (κ3) is 4.30. The van der Waals surface area contributed by atoms with Gasteiger partial charge in [-0.2, -0.15) is 5.26 Å². The number of anilines is 1. The van der Waals surface area contributed by atoms with Gasteiger partial charge < -0.3 is 5.32 Å². The van der Waals surface area contributed by atoms with Gasteiger partial charge in [0.25, 0.3) is 0 Å². The summed E-state index contributed by atoms with van der Waals surface area (Å²) in [6.07, 6.45) is 1.96. The van der Waals surface area contributed by atoms with Crippen molar-refractivity contribution in [1.29, 1.82) is 5.26 Å². The number of amides is 1. The van der Waals surface area contributed by atoms with Crippen LogP contribution < -0.4 is 5.32 Å². The van der Waals surface area contributed by atoms with Crippen LogP contribution in [0.15, 0.2) is 35.5 Å². The van der Waals surface area contributed by atoms with Crippen LogP contribution in [0.3, 0.4) is 0 Å². The lowest BCUT2D eigenvalue weighted by Crippen LogP contribution is -2.13. The third-order valence-electron chi connectivity index (χ3n) is 2.92. The Hall–Kier alpha value is -2.39. The first-order valence-corrected chi connectivity index (χ1v) is 7.80. The maximum absolute atomic E-state index is 11.8. The highest BCUT2D eigenvalue weighted by Crippen LogP contribution is 2.24. The molecule has 2 aromatic heterocycles. The fourth-order valence-electron chi connectivity index (χ4n) is 1.93. The molecule has 1 N–H and O–H groups in total. The summed E-state index contributed by atoms with van der Waals surface area (Å²) in [5, 5.41) is 12.6. The Morgan fingerprint density at radius 2 is 2.23 bits per heavy atom. The molecule has 0 atom stereocenters. The van der Waals surface area contributed by atoms with Crippen molar-refractivity contribution in [1.82, 2.24) is 9.97 Å². The van der Waals surface area contributed by atoms with Crippen LogP contribution in [0.1, 0.15) is 23.2 Å². The predicted octanol–water partition coefficient (Wildman–Crippen LogP) is 3.09. The van der Waals surface area contributed by atoms with Gasteiger partial charge in [0.1, 0.15) is 16.9 Å². The number of rotatable bonds is 5. The lowest BCUT2D eigenvalue weighted by molar-refractivity contribution is -0.115. The lowest BCUT2D eigenvalue weighted by Gasteiger charge is -2.07. The minimum Gasteiger partial charge on any atom is -0.311 e. The Bertz CT molecular complexity index is 710. The molecule has 2 rings (SSSR count). The molecular weight excluding hydrogens is 296 g/mol. The third-order valence-corrected chi connectivity index (χ3v) is 3.90. The van der Waals surface area contributed by atoms with Gasteiger partial charge in [0.15, 0.2) is 0 Å². The number of pyridine rings is 2. The zero-order valence-electron chi connectivity index (χ0n) is 12.5. The molecule has 0 aromatic carbocycles. The van der Waals surface area contributed by atoms with Crippen molar-refractivity contribution in [2.75, 3.05) is 11.1 Å². The highest BCUT2D eigenvalue weighted by molar-refractivity contribution is 7.99. The molecule has 22 heavy (non-hydrogen) atoms. The number of hydrogen-bond donors (Lipinski definition) is 1. The normalized spacial score (nSPS) is 10.0. The summed E-state index contributed by atoms with van der Waals surface area (Å²) in [6, 6.07) is 9.41. The zero-order chi connectivity index (χ0) is 15.9. The van der Waals surface area contributed by atoms with Crippen LogP contribution in [0.5, 0.6) is 0 Å². The number of nitrogens with zero attached hydrogens (tertiary/aromatic N) is 3. The van der Waals surface area contributed by atoms with Gasteiger partial charge in [0.2, 0.25) is 5.91 Å². The van der Waals surface area contributed by atoms with Crippen LogP contribution >= 0.6 is 11.8 Å². The van der Waals surface area contributed by atoms with E-state index in [-0.39, 0.29) is 5.91 Å². The maximum atomic E-state index is 11.8. The monoisotopic (exact) mass is 312 g/mol. The van der Waals surface area contributed by atoms with E-state index in [0.717, 1.165) is 11.3 Å². The molecule has 0 radical (unpaired) electrons. The molecule has 0 spiro atoms. The second kappa shape index (κ2) is 7.57. The molecule has 0 unspecified atom stereocenters. The standard InChI is InChI=1S/C16H16N4OS/c1-11-9-12(2)19-16(13(11)10-17)22-8-6-15(21)20-14-5-3-4-7-18-14/h3-5,7,9H,6,8H2,1-2H3,(H,18,20,21). The predicted molar refractivity (Wildman–Crippen MR) is 86.6 cm³/mol. The minimum absolute atomic E-state index is 0.103. The second-order valence-electron chi connectivity index (χ2n) is 4.73. The molecular formula is C16H16N4OS. The Morgan fingerprint density at radius 1 is 1.41 bits per heavy atom. The van der Waals surface area contributed by atoms with Gasteiger partial charge in [0.05, 0.1) is 5.56 Å². The first-order valence-electron chi connectivity index (χ1n) is 6.82. The van der Waals surface area contributed by atoms with E-state index >= 15 is 0 Å². The topological polar surface area (TPSA) is 78.7 Å². The molecule has 0 bridgehead atoms. The van der Waals surface area contributed by atoms with Crippen LogP contribution in [-0.2, 0) is 4.79 Å². The highest BCUT2D eigenvalue weighted by Gasteiger charge is 2.10. The quantitative estimate of drug-likeness (QED) is 0.858. The average molecular weight is 312 g/mol. The van der Waals surface area contributed by atoms with E-state index in [9.17, 15) is 10.1 Å². The van der Waals surface area contributed by atoms with Gasteiger partial charge in [0, 0.05) is 24.1 Å². The largest absolute Gasteiger partial charge is 0.311 e. The van der Waals surface area contributed by atoms with Crippen LogP contribution in [0.25, 0.3) is 0 Å². The Kier molecular flexibility index (Phi) is 5.50. The summed E-state index contributed by atoms with van der Waals surface area (Å²) in [6.45, 7) is 3.79. The van der Waals surface area contributed by atoms with Crippen molar-refractivity contribution in [2.45, 2.75) is 25.3 Å². The van der Waals surface area contributed by atoms with Crippen molar-refractivity contribution >= 4 is 23.5 Å². The molecule has 0 fully saturated rings. The van der Waals surface area contributed by atoms with E-state index in [1.54, 1.807) is 18.3 Å². The molecule has 2 heterocycles. The minimum atomic E-state index is -0.103. The summed E-state index contributed by atoms with van der Waals surface area (Å²) < 4.78 is 0. The number of aryl methyl sites for hydroxylation is 2. The van der Waals surface area contributed by atoms with Crippen LogP contribution in [0.2, 0.25) is 0 Å². The van der Waals surface area contributed by atoms with Gasteiger partial charge >= 0.3 is 0 Å². The summed E-state index contributed by atoms with van der Waals surface area (Å²) in [7, 11) is 0.